The molecular weight excluding hydrogens is 382 g/mol. The molecule has 1 saturated heterocycles. The van der Waals surface area contributed by atoms with Crippen molar-refractivity contribution in [1.82, 2.24) is 0 Å². The van der Waals surface area contributed by atoms with Gasteiger partial charge in [0.2, 0.25) is 6.29 Å². The molecule has 1 aliphatic rings. The van der Waals surface area contributed by atoms with Crippen molar-refractivity contribution in [2.75, 3.05) is 6.61 Å². The Morgan fingerprint density at radius 2 is 1.43 bits per heavy atom. The number of hydrogen-bond acceptors (Lipinski definition) is 11. The molecule has 0 bridgehead atoms. The molecule has 0 spiro atoms. The van der Waals surface area contributed by atoms with E-state index in [0.29, 0.717) is 6.21 Å². The van der Waals surface area contributed by atoms with Gasteiger partial charge in [0.1, 0.15) is 18.9 Å². The molecule has 0 saturated carbocycles. The van der Waals surface area contributed by atoms with Crippen molar-refractivity contribution in [1.29, 1.82) is 0 Å². The second-order valence-electron chi connectivity index (χ2n) is 5.71. The van der Waals surface area contributed by atoms with Crippen LogP contribution in [0.2, 0.25) is 0 Å². The van der Waals surface area contributed by atoms with E-state index in [2.05, 4.69) is 4.99 Å². The third-order valence-electron chi connectivity index (χ3n) is 3.31. The van der Waals surface area contributed by atoms with E-state index in [0.717, 1.165) is 27.7 Å². The van der Waals surface area contributed by atoms with Gasteiger partial charge >= 0.3 is 29.8 Å². The highest BCUT2D eigenvalue weighted by Gasteiger charge is 2.51. The molecule has 0 unspecified atom stereocenters. The maximum Gasteiger partial charge on any atom is 0.346 e. The first-order valence-corrected chi connectivity index (χ1v) is 8.07. The first-order chi connectivity index (χ1) is 13.0. The minimum atomic E-state index is -1.50. The van der Waals surface area contributed by atoms with Crippen molar-refractivity contribution in [3.8, 4) is 0 Å². The minimum absolute atomic E-state index is 0.418. The third-order valence-corrected chi connectivity index (χ3v) is 3.31. The van der Waals surface area contributed by atoms with Gasteiger partial charge in [-0.05, 0) is 0 Å². The van der Waals surface area contributed by atoms with Gasteiger partial charge in [-0.25, -0.2) is 4.79 Å². The van der Waals surface area contributed by atoms with E-state index in [9.17, 15) is 24.0 Å². The van der Waals surface area contributed by atoms with Crippen LogP contribution in [-0.4, -0.2) is 78.4 Å². The lowest BCUT2D eigenvalue weighted by Gasteiger charge is -2.42. The molecule has 1 rings (SSSR count). The molecule has 1 aliphatic heterocycles. The Hall–Kier alpha value is -3.02. The maximum absolute atomic E-state index is 11.6. The van der Waals surface area contributed by atoms with Gasteiger partial charge in [0, 0.05) is 27.7 Å². The Morgan fingerprint density at radius 1 is 0.893 bits per heavy atom. The summed E-state index contributed by atoms with van der Waals surface area (Å²) >= 11 is 0. The molecule has 5 atom stereocenters. The highest BCUT2D eigenvalue weighted by atomic mass is 16.7. The maximum atomic E-state index is 11.6. The SMILES string of the molecule is CC(=O)OC[C@H]1O[C@@H](OC(C)=O)[C@H](N=CC(=O)O)[C@@H](OC(C)=O)[C@@H]1OC(C)=O. The molecule has 1 heterocycles. The summed E-state index contributed by atoms with van der Waals surface area (Å²) in [7, 11) is 0. The average Bonchev–Trinajstić information content (AvgIpc) is 2.53. The van der Waals surface area contributed by atoms with E-state index in [1.54, 1.807) is 0 Å². The largest absolute Gasteiger partial charge is 0.477 e. The first-order valence-electron chi connectivity index (χ1n) is 8.07. The zero-order valence-electron chi connectivity index (χ0n) is 15.6. The number of carbonyl (C=O) groups is 5. The van der Waals surface area contributed by atoms with Gasteiger partial charge in [0.25, 0.3) is 0 Å². The third kappa shape index (κ3) is 7.31. The van der Waals surface area contributed by atoms with Crippen LogP contribution < -0.4 is 0 Å². The molecule has 1 fully saturated rings. The molecule has 12 heteroatoms. The predicted molar refractivity (Wildman–Crippen MR) is 88.1 cm³/mol. The standard InChI is InChI=1S/C16H21NO11/c1-7(18)24-6-11-14(25-8(2)19)15(26-9(3)20)13(17-5-12(22)23)16(28-11)27-10(4)21/h5,11,13-16H,6H2,1-4H3,(H,22,23)/t11-,13-,14-,15-,16-/m1/s1. The highest BCUT2D eigenvalue weighted by molar-refractivity contribution is 6.22. The molecule has 156 valence electrons. The van der Waals surface area contributed by atoms with E-state index in [1.807, 2.05) is 0 Å². The van der Waals surface area contributed by atoms with Crippen molar-refractivity contribution in [2.45, 2.75) is 58.3 Å². The summed E-state index contributed by atoms with van der Waals surface area (Å²) in [5.41, 5.74) is 0. The quantitative estimate of drug-likeness (QED) is 0.322. The van der Waals surface area contributed by atoms with Crippen molar-refractivity contribution in [3.63, 3.8) is 0 Å². The molecule has 0 amide bonds. The van der Waals surface area contributed by atoms with Crippen LogP contribution >= 0.6 is 0 Å². The second kappa shape index (κ2) is 10.3. The summed E-state index contributed by atoms with van der Waals surface area (Å²) in [5.74, 6) is -4.45. The number of carboxylic acid groups (broad SMARTS) is 1. The molecule has 1 N–H and O–H groups in total. The van der Waals surface area contributed by atoms with Crippen LogP contribution in [0.5, 0.6) is 0 Å². The summed E-state index contributed by atoms with van der Waals surface area (Å²) in [5, 5.41) is 8.84. The lowest BCUT2D eigenvalue weighted by molar-refractivity contribution is -0.266. The van der Waals surface area contributed by atoms with E-state index < -0.39 is 67.1 Å². The summed E-state index contributed by atoms with van der Waals surface area (Å²) in [4.78, 5) is 60.2. The Bertz CT molecular complexity index is 659. The zero-order valence-corrected chi connectivity index (χ0v) is 15.6. The first kappa shape index (κ1) is 23.0. The number of nitrogens with zero attached hydrogens (tertiary/aromatic N) is 1. The minimum Gasteiger partial charge on any atom is -0.477 e. The van der Waals surface area contributed by atoms with Gasteiger partial charge in [0.15, 0.2) is 18.2 Å². The Morgan fingerprint density at radius 3 is 1.89 bits per heavy atom. The number of esters is 4. The Labute approximate surface area is 159 Å². The average molecular weight is 403 g/mol. The highest BCUT2D eigenvalue weighted by Crippen LogP contribution is 2.29. The predicted octanol–water partition coefficient (Wildman–Crippen LogP) is -0.775. The molecule has 0 radical (unpaired) electrons. The number of aliphatic carboxylic acids is 1. The fourth-order valence-corrected chi connectivity index (χ4v) is 2.45. The summed E-state index contributed by atoms with van der Waals surface area (Å²) in [6, 6.07) is -1.36. The molecule has 0 aromatic rings. The van der Waals surface area contributed by atoms with Crippen LogP contribution in [0.4, 0.5) is 0 Å². The number of ether oxygens (including phenoxy) is 5. The van der Waals surface area contributed by atoms with E-state index in [1.165, 1.54) is 0 Å². The molecule has 0 aromatic heterocycles. The van der Waals surface area contributed by atoms with Crippen LogP contribution in [0.25, 0.3) is 0 Å². The van der Waals surface area contributed by atoms with Gasteiger partial charge in [-0.3, -0.25) is 24.2 Å². The lowest BCUT2D eigenvalue weighted by atomic mass is 9.96. The molecule has 0 aliphatic carbocycles. The van der Waals surface area contributed by atoms with E-state index in [-0.39, 0.29) is 0 Å². The van der Waals surface area contributed by atoms with Gasteiger partial charge in [-0.1, -0.05) is 0 Å². The number of carbonyl (C=O) groups excluding carboxylic acids is 4. The Balaban J connectivity index is 3.35. The number of carboxylic acids is 1. The van der Waals surface area contributed by atoms with Crippen LogP contribution in [0, 0.1) is 0 Å². The second-order valence-corrected chi connectivity index (χ2v) is 5.71. The van der Waals surface area contributed by atoms with Crippen LogP contribution in [-0.2, 0) is 47.7 Å². The zero-order chi connectivity index (χ0) is 21.4. The van der Waals surface area contributed by atoms with Gasteiger partial charge in [-0.2, -0.15) is 0 Å². The summed E-state index contributed by atoms with van der Waals surface area (Å²) in [6.07, 6.45) is -4.88. The van der Waals surface area contributed by atoms with Crippen molar-refractivity contribution >= 4 is 36.1 Å². The lowest BCUT2D eigenvalue weighted by Crippen LogP contribution is -2.61. The number of rotatable bonds is 7. The van der Waals surface area contributed by atoms with E-state index in [4.69, 9.17) is 28.8 Å². The van der Waals surface area contributed by atoms with E-state index >= 15 is 0 Å². The Kier molecular flexibility index (Phi) is 8.51. The van der Waals surface area contributed by atoms with Crippen LogP contribution in [0.1, 0.15) is 27.7 Å². The molecular formula is C16H21NO11. The van der Waals surface area contributed by atoms with Crippen molar-refractivity contribution < 1.29 is 52.8 Å². The smallest absolute Gasteiger partial charge is 0.346 e. The molecule has 0 aromatic carbocycles. The molecule has 28 heavy (non-hydrogen) atoms. The summed E-state index contributed by atoms with van der Waals surface area (Å²) in [6.45, 7) is 3.94. The van der Waals surface area contributed by atoms with Crippen LogP contribution in [0.15, 0.2) is 4.99 Å². The molecule has 12 nitrogen and oxygen atoms in total. The summed E-state index contributed by atoms with van der Waals surface area (Å²) < 4.78 is 25.7. The van der Waals surface area contributed by atoms with Gasteiger partial charge in [-0.15, -0.1) is 0 Å². The van der Waals surface area contributed by atoms with Gasteiger partial charge < -0.3 is 28.8 Å². The number of hydrogen-bond donors (Lipinski definition) is 1. The van der Waals surface area contributed by atoms with Crippen molar-refractivity contribution in [2.24, 2.45) is 4.99 Å². The van der Waals surface area contributed by atoms with Gasteiger partial charge in [0.05, 0.1) is 0 Å². The van der Waals surface area contributed by atoms with Crippen molar-refractivity contribution in [3.05, 3.63) is 0 Å². The normalized spacial score (nSPS) is 26.9. The monoisotopic (exact) mass is 403 g/mol. The fraction of sp³-hybridized carbons (Fsp3) is 0.625. The fourth-order valence-electron chi connectivity index (χ4n) is 2.45. The van der Waals surface area contributed by atoms with Crippen LogP contribution in [0.3, 0.4) is 0 Å². The topological polar surface area (TPSA) is 164 Å². The number of aliphatic imine (C=N–C) groups is 1.